The van der Waals surface area contributed by atoms with Crippen molar-refractivity contribution in [1.29, 1.82) is 0 Å². The Labute approximate surface area is 173 Å². The number of carbonyl (C=O) groups excluding carboxylic acids is 1. The highest BCUT2D eigenvalue weighted by atomic mass is 16.2. The van der Waals surface area contributed by atoms with Crippen molar-refractivity contribution in [3.63, 3.8) is 0 Å². The molecular weight excluding hydrogens is 380 g/mol. The quantitative estimate of drug-likeness (QED) is 0.551. The Hall–Kier alpha value is -3.88. The first-order valence-electron chi connectivity index (χ1n) is 9.53. The maximum absolute atomic E-state index is 12.8. The number of carbonyl (C=O) groups is 1. The van der Waals surface area contributed by atoms with E-state index in [9.17, 15) is 4.79 Å². The molecule has 0 fully saturated rings. The molecule has 0 aliphatic heterocycles. The van der Waals surface area contributed by atoms with Gasteiger partial charge in [0.1, 0.15) is 5.82 Å². The van der Waals surface area contributed by atoms with E-state index in [1.165, 1.54) is 4.68 Å². The van der Waals surface area contributed by atoms with Crippen LogP contribution in [0.25, 0.3) is 5.95 Å². The van der Waals surface area contributed by atoms with Crippen molar-refractivity contribution in [2.45, 2.75) is 32.7 Å². The van der Waals surface area contributed by atoms with Crippen LogP contribution in [0.2, 0.25) is 0 Å². The molecule has 0 saturated carbocycles. The predicted octanol–water partition coefficient (Wildman–Crippen LogP) is 2.85. The largest absolute Gasteiger partial charge is 0.305 e. The Bertz CT molecular complexity index is 1140. The Morgan fingerprint density at radius 3 is 2.50 bits per heavy atom. The normalized spacial score (nSPS) is 11.4. The van der Waals surface area contributed by atoms with Crippen molar-refractivity contribution in [3.8, 4) is 5.95 Å². The number of hydrogen-bond acceptors (Lipinski definition) is 6. The summed E-state index contributed by atoms with van der Waals surface area (Å²) in [4.78, 5) is 21.3. The van der Waals surface area contributed by atoms with Gasteiger partial charge in [-0.3, -0.25) is 4.79 Å². The number of nitrogens with one attached hydrogen (secondary N) is 1. The van der Waals surface area contributed by atoms with E-state index in [-0.39, 0.29) is 17.0 Å². The van der Waals surface area contributed by atoms with E-state index in [4.69, 9.17) is 0 Å². The Kier molecular flexibility index (Phi) is 5.09. The molecule has 3 aromatic heterocycles. The van der Waals surface area contributed by atoms with Crippen LogP contribution in [0, 0.1) is 0 Å². The van der Waals surface area contributed by atoms with E-state index in [0.717, 1.165) is 11.3 Å². The summed E-state index contributed by atoms with van der Waals surface area (Å²) in [6, 6.07) is 13.4. The monoisotopic (exact) mass is 402 g/mol. The highest BCUT2D eigenvalue weighted by Gasteiger charge is 2.23. The summed E-state index contributed by atoms with van der Waals surface area (Å²) in [7, 11) is 0. The van der Waals surface area contributed by atoms with Crippen molar-refractivity contribution >= 4 is 11.7 Å². The Morgan fingerprint density at radius 1 is 1.07 bits per heavy atom. The maximum atomic E-state index is 12.8. The maximum Gasteiger partial charge on any atom is 0.278 e. The number of rotatable bonds is 5. The topological polar surface area (TPSA) is 103 Å². The third-order valence-electron chi connectivity index (χ3n) is 4.42. The first kappa shape index (κ1) is 19.4. The Balaban J connectivity index is 1.58. The standard InChI is InChI=1S/C21H22N8O/c1-21(2,3)17-12-18(29(26-17)20-22-10-7-11-23-20)24-19(30)16-14-28(27-25-16)13-15-8-5-4-6-9-15/h4-12,14H,13H2,1-3H3,(H,24,30). The predicted molar refractivity (Wildman–Crippen MR) is 111 cm³/mol. The third-order valence-corrected chi connectivity index (χ3v) is 4.42. The number of benzene rings is 1. The molecule has 0 aliphatic rings. The van der Waals surface area contributed by atoms with Gasteiger partial charge in [0.25, 0.3) is 11.9 Å². The second kappa shape index (κ2) is 7.86. The molecule has 4 rings (SSSR count). The summed E-state index contributed by atoms with van der Waals surface area (Å²) in [6.45, 7) is 6.68. The SMILES string of the molecule is CC(C)(C)c1cc(NC(=O)c2cn(Cc3ccccc3)nn2)n(-c2ncccn2)n1. The van der Waals surface area contributed by atoms with Crippen molar-refractivity contribution in [2.75, 3.05) is 5.32 Å². The molecule has 9 heteroatoms. The van der Waals surface area contributed by atoms with Crippen LogP contribution < -0.4 is 5.32 Å². The molecule has 0 spiro atoms. The molecule has 0 unspecified atom stereocenters. The zero-order valence-corrected chi connectivity index (χ0v) is 17.0. The van der Waals surface area contributed by atoms with Crippen LogP contribution >= 0.6 is 0 Å². The van der Waals surface area contributed by atoms with Crippen molar-refractivity contribution in [3.05, 3.63) is 78.0 Å². The summed E-state index contributed by atoms with van der Waals surface area (Å²) >= 11 is 0. The number of nitrogens with zero attached hydrogens (tertiary/aromatic N) is 7. The molecular formula is C21H22N8O. The van der Waals surface area contributed by atoms with Gasteiger partial charge in [0.05, 0.1) is 18.4 Å². The molecule has 0 radical (unpaired) electrons. The molecule has 0 atom stereocenters. The van der Waals surface area contributed by atoms with Gasteiger partial charge in [0.15, 0.2) is 5.69 Å². The van der Waals surface area contributed by atoms with Crippen LogP contribution in [0.1, 0.15) is 42.5 Å². The second-order valence-electron chi connectivity index (χ2n) is 7.87. The minimum atomic E-state index is -0.383. The van der Waals surface area contributed by atoms with Crippen molar-refractivity contribution < 1.29 is 4.79 Å². The first-order valence-corrected chi connectivity index (χ1v) is 9.53. The minimum absolute atomic E-state index is 0.210. The molecule has 9 nitrogen and oxygen atoms in total. The molecule has 0 bridgehead atoms. The van der Waals surface area contributed by atoms with E-state index in [0.29, 0.717) is 18.3 Å². The molecule has 3 heterocycles. The van der Waals surface area contributed by atoms with E-state index >= 15 is 0 Å². The lowest BCUT2D eigenvalue weighted by molar-refractivity contribution is 0.102. The zero-order valence-electron chi connectivity index (χ0n) is 17.0. The van der Waals surface area contributed by atoms with Gasteiger partial charge >= 0.3 is 0 Å². The number of anilines is 1. The molecule has 4 aromatic rings. The zero-order chi connectivity index (χ0) is 21.1. The van der Waals surface area contributed by atoms with Gasteiger partial charge in [-0.15, -0.1) is 5.10 Å². The smallest absolute Gasteiger partial charge is 0.278 e. The summed E-state index contributed by atoms with van der Waals surface area (Å²) in [6.07, 6.45) is 4.87. The third kappa shape index (κ3) is 4.24. The van der Waals surface area contributed by atoms with Gasteiger partial charge in [0.2, 0.25) is 0 Å². The Morgan fingerprint density at radius 2 is 1.80 bits per heavy atom. The fraction of sp³-hybridized carbons (Fsp3) is 0.238. The molecule has 30 heavy (non-hydrogen) atoms. The van der Waals surface area contributed by atoms with E-state index < -0.39 is 0 Å². The van der Waals surface area contributed by atoms with Crippen LogP contribution in [0.4, 0.5) is 5.82 Å². The van der Waals surface area contributed by atoms with Gasteiger partial charge in [-0.25, -0.2) is 14.6 Å². The van der Waals surface area contributed by atoms with Gasteiger partial charge in [-0.2, -0.15) is 9.78 Å². The van der Waals surface area contributed by atoms with Gasteiger partial charge in [-0.1, -0.05) is 56.3 Å². The number of hydrogen-bond donors (Lipinski definition) is 1. The highest BCUT2D eigenvalue weighted by Crippen LogP contribution is 2.25. The minimum Gasteiger partial charge on any atom is -0.305 e. The summed E-state index contributed by atoms with van der Waals surface area (Å²) < 4.78 is 3.15. The molecule has 0 aliphatic carbocycles. The van der Waals surface area contributed by atoms with Crippen molar-refractivity contribution in [1.82, 2.24) is 34.7 Å². The highest BCUT2D eigenvalue weighted by molar-refractivity contribution is 6.02. The van der Waals surface area contributed by atoms with Crippen LogP contribution in [-0.4, -0.2) is 40.6 Å². The van der Waals surface area contributed by atoms with Gasteiger partial charge in [-0.05, 0) is 11.6 Å². The van der Waals surface area contributed by atoms with Gasteiger partial charge in [0, 0.05) is 23.9 Å². The summed E-state index contributed by atoms with van der Waals surface area (Å²) in [5.41, 5.74) is 1.88. The summed E-state index contributed by atoms with van der Waals surface area (Å²) in [5.74, 6) is 0.455. The van der Waals surface area contributed by atoms with Gasteiger partial charge < -0.3 is 5.32 Å². The molecule has 0 saturated heterocycles. The lowest BCUT2D eigenvalue weighted by Crippen LogP contribution is -2.16. The fourth-order valence-electron chi connectivity index (χ4n) is 2.82. The van der Waals surface area contributed by atoms with Crippen LogP contribution in [0.3, 0.4) is 0 Å². The molecule has 152 valence electrons. The number of amides is 1. The van der Waals surface area contributed by atoms with E-state index in [2.05, 4.69) is 30.7 Å². The van der Waals surface area contributed by atoms with Crippen molar-refractivity contribution in [2.24, 2.45) is 0 Å². The van der Waals surface area contributed by atoms with Crippen LogP contribution in [-0.2, 0) is 12.0 Å². The fourth-order valence-corrected chi connectivity index (χ4v) is 2.82. The van der Waals surface area contributed by atoms with E-state index in [1.807, 2.05) is 57.2 Å². The van der Waals surface area contributed by atoms with Crippen LogP contribution in [0.5, 0.6) is 0 Å². The average Bonchev–Trinajstić information content (AvgIpc) is 3.37. The van der Waals surface area contributed by atoms with E-state index in [1.54, 1.807) is 29.3 Å². The first-order chi connectivity index (χ1) is 14.4. The summed E-state index contributed by atoms with van der Waals surface area (Å²) in [5, 5.41) is 15.5. The molecule has 1 amide bonds. The number of aromatic nitrogens is 7. The second-order valence-corrected chi connectivity index (χ2v) is 7.87. The lowest BCUT2D eigenvalue weighted by Gasteiger charge is -2.13. The molecule has 1 N–H and O–H groups in total. The van der Waals surface area contributed by atoms with Crippen LogP contribution in [0.15, 0.2) is 61.1 Å². The average molecular weight is 402 g/mol. The lowest BCUT2D eigenvalue weighted by atomic mass is 9.92. The molecule has 1 aromatic carbocycles.